The molecule has 0 atom stereocenters. The fourth-order valence-corrected chi connectivity index (χ4v) is 2.83. The van der Waals surface area contributed by atoms with Crippen LogP contribution in [0.15, 0.2) is 36.4 Å². The molecule has 0 saturated carbocycles. The van der Waals surface area contributed by atoms with Crippen LogP contribution in [0.25, 0.3) is 0 Å². The van der Waals surface area contributed by atoms with E-state index in [1.54, 1.807) is 18.2 Å². The van der Waals surface area contributed by atoms with E-state index in [1.165, 1.54) is 0 Å². The van der Waals surface area contributed by atoms with Crippen molar-refractivity contribution >= 4 is 40.7 Å². The molecule has 0 aliphatic heterocycles. The molecule has 2 amide bonds. The molecule has 0 saturated heterocycles. The summed E-state index contributed by atoms with van der Waals surface area (Å²) in [6.07, 6.45) is 0.0230. The van der Waals surface area contributed by atoms with Gasteiger partial charge in [-0.2, -0.15) is 0 Å². The van der Waals surface area contributed by atoms with Crippen LogP contribution >= 0.6 is 23.2 Å². The highest BCUT2D eigenvalue weighted by Gasteiger charge is 2.12. The molecule has 0 bridgehead atoms. The number of rotatable bonds is 5. The van der Waals surface area contributed by atoms with Crippen molar-refractivity contribution in [2.45, 2.75) is 20.3 Å². The van der Waals surface area contributed by atoms with Gasteiger partial charge in [0.25, 0.3) is 0 Å². The summed E-state index contributed by atoms with van der Waals surface area (Å²) in [4.78, 5) is 24.0. The lowest BCUT2D eigenvalue weighted by Crippen LogP contribution is -2.34. The van der Waals surface area contributed by atoms with Crippen molar-refractivity contribution in [3.05, 3.63) is 63.1 Å². The molecule has 2 rings (SSSR count). The van der Waals surface area contributed by atoms with E-state index in [9.17, 15) is 9.59 Å². The molecule has 0 heterocycles. The van der Waals surface area contributed by atoms with Gasteiger partial charge >= 0.3 is 0 Å². The molecule has 0 aliphatic rings. The third kappa shape index (κ3) is 4.73. The molecule has 2 N–H and O–H groups in total. The molecular weight excluding hydrogens is 347 g/mol. The van der Waals surface area contributed by atoms with Crippen molar-refractivity contribution in [1.29, 1.82) is 0 Å². The molecule has 0 radical (unpaired) electrons. The number of para-hydroxylation sites is 1. The highest BCUT2D eigenvalue weighted by molar-refractivity contribution is 6.36. The Hall–Kier alpha value is -2.04. The first-order chi connectivity index (χ1) is 11.4. The predicted molar refractivity (Wildman–Crippen MR) is 97.7 cm³/mol. The second-order valence-corrected chi connectivity index (χ2v) is 6.28. The average molecular weight is 365 g/mol. The molecule has 2 aromatic rings. The van der Waals surface area contributed by atoms with E-state index >= 15 is 0 Å². The standard InChI is InChI=1S/C18H18Cl2N2O2/c1-11-5-3-6-12(2)18(11)22-17(24)10-21-16(23)9-13-14(19)7-4-8-15(13)20/h3-8H,9-10H2,1-2H3,(H,21,23)(H,22,24). The van der Waals surface area contributed by atoms with Crippen LogP contribution in [-0.4, -0.2) is 18.4 Å². The summed E-state index contributed by atoms with van der Waals surface area (Å²) in [7, 11) is 0. The number of aryl methyl sites for hydroxylation is 2. The van der Waals surface area contributed by atoms with Gasteiger partial charge in [-0.05, 0) is 42.7 Å². The van der Waals surface area contributed by atoms with Gasteiger partial charge in [-0.25, -0.2) is 0 Å². The molecule has 0 aromatic heterocycles. The Balaban J connectivity index is 1.91. The topological polar surface area (TPSA) is 58.2 Å². The quantitative estimate of drug-likeness (QED) is 0.844. The molecule has 2 aromatic carbocycles. The maximum absolute atomic E-state index is 12.0. The minimum absolute atomic E-state index is 0.0230. The monoisotopic (exact) mass is 364 g/mol. The van der Waals surface area contributed by atoms with Crippen molar-refractivity contribution in [2.75, 3.05) is 11.9 Å². The van der Waals surface area contributed by atoms with Gasteiger partial charge in [0.2, 0.25) is 11.8 Å². The van der Waals surface area contributed by atoms with E-state index in [2.05, 4.69) is 10.6 Å². The summed E-state index contributed by atoms with van der Waals surface area (Å²) in [5.74, 6) is -0.604. The Bertz CT molecular complexity index is 670. The van der Waals surface area contributed by atoms with Gasteiger partial charge < -0.3 is 10.6 Å². The molecular formula is C18H18Cl2N2O2. The van der Waals surface area contributed by atoms with Gasteiger partial charge in [-0.1, -0.05) is 47.5 Å². The highest BCUT2D eigenvalue weighted by Crippen LogP contribution is 2.24. The number of benzene rings is 2. The van der Waals surface area contributed by atoms with Crippen molar-refractivity contribution in [3.8, 4) is 0 Å². The molecule has 4 nitrogen and oxygen atoms in total. The number of hydrogen-bond acceptors (Lipinski definition) is 2. The largest absolute Gasteiger partial charge is 0.347 e. The van der Waals surface area contributed by atoms with E-state index in [-0.39, 0.29) is 24.8 Å². The first-order valence-electron chi connectivity index (χ1n) is 7.44. The third-order valence-electron chi connectivity index (χ3n) is 3.59. The van der Waals surface area contributed by atoms with E-state index in [0.717, 1.165) is 16.8 Å². The van der Waals surface area contributed by atoms with E-state index < -0.39 is 0 Å². The van der Waals surface area contributed by atoms with Crippen LogP contribution in [0, 0.1) is 13.8 Å². The summed E-state index contributed by atoms with van der Waals surface area (Å²) < 4.78 is 0. The number of anilines is 1. The van der Waals surface area contributed by atoms with Crippen molar-refractivity contribution in [3.63, 3.8) is 0 Å². The molecule has 24 heavy (non-hydrogen) atoms. The van der Waals surface area contributed by atoms with Crippen molar-refractivity contribution < 1.29 is 9.59 Å². The van der Waals surface area contributed by atoms with E-state index in [4.69, 9.17) is 23.2 Å². The Morgan fingerprint density at radius 2 is 1.46 bits per heavy atom. The van der Waals surface area contributed by atoms with Crippen LogP contribution in [-0.2, 0) is 16.0 Å². The number of carbonyl (C=O) groups is 2. The van der Waals surface area contributed by atoms with Crippen LogP contribution < -0.4 is 10.6 Å². The van der Waals surface area contributed by atoms with Gasteiger partial charge in [0.1, 0.15) is 0 Å². The number of halogens is 2. The molecule has 0 unspecified atom stereocenters. The lowest BCUT2D eigenvalue weighted by molar-refractivity contribution is -0.123. The van der Waals surface area contributed by atoms with Gasteiger partial charge in [-0.3, -0.25) is 9.59 Å². The van der Waals surface area contributed by atoms with Gasteiger partial charge in [0.05, 0.1) is 13.0 Å². The Morgan fingerprint density at radius 1 is 0.917 bits per heavy atom. The van der Waals surface area contributed by atoms with Crippen molar-refractivity contribution in [2.24, 2.45) is 0 Å². The third-order valence-corrected chi connectivity index (χ3v) is 4.30. The van der Waals surface area contributed by atoms with E-state index in [0.29, 0.717) is 15.6 Å². The lowest BCUT2D eigenvalue weighted by atomic mass is 10.1. The number of nitrogens with one attached hydrogen (secondary N) is 2. The smallest absolute Gasteiger partial charge is 0.243 e. The SMILES string of the molecule is Cc1cccc(C)c1NC(=O)CNC(=O)Cc1c(Cl)cccc1Cl. The van der Waals surface area contributed by atoms with Crippen LogP contribution in [0.4, 0.5) is 5.69 Å². The first-order valence-corrected chi connectivity index (χ1v) is 8.19. The number of amides is 2. The molecule has 0 fully saturated rings. The molecule has 126 valence electrons. The highest BCUT2D eigenvalue weighted by atomic mass is 35.5. The van der Waals surface area contributed by atoms with Crippen LogP contribution in [0.5, 0.6) is 0 Å². The van der Waals surface area contributed by atoms with Crippen molar-refractivity contribution in [1.82, 2.24) is 5.32 Å². The summed E-state index contributed by atoms with van der Waals surface area (Å²) in [6.45, 7) is 3.72. The maximum atomic E-state index is 12.0. The zero-order valence-corrected chi connectivity index (χ0v) is 15.0. The summed E-state index contributed by atoms with van der Waals surface area (Å²) >= 11 is 12.1. The van der Waals surface area contributed by atoms with Crippen LogP contribution in [0.1, 0.15) is 16.7 Å². The normalized spacial score (nSPS) is 10.3. The van der Waals surface area contributed by atoms with Gasteiger partial charge in [0, 0.05) is 15.7 Å². The van der Waals surface area contributed by atoms with Crippen LogP contribution in [0.2, 0.25) is 10.0 Å². The number of hydrogen-bond donors (Lipinski definition) is 2. The molecule has 0 aliphatic carbocycles. The Kier molecular flexibility index (Phi) is 6.23. The second-order valence-electron chi connectivity index (χ2n) is 5.47. The maximum Gasteiger partial charge on any atom is 0.243 e. The number of carbonyl (C=O) groups excluding carboxylic acids is 2. The zero-order valence-electron chi connectivity index (χ0n) is 13.5. The lowest BCUT2D eigenvalue weighted by Gasteiger charge is -2.12. The van der Waals surface area contributed by atoms with Gasteiger partial charge in [0.15, 0.2) is 0 Å². The Labute approximate surface area is 151 Å². The zero-order chi connectivity index (χ0) is 17.7. The summed E-state index contributed by atoms with van der Waals surface area (Å²) in [6, 6.07) is 10.8. The van der Waals surface area contributed by atoms with E-state index in [1.807, 2.05) is 32.0 Å². The summed E-state index contributed by atoms with van der Waals surface area (Å²) in [5.41, 5.74) is 3.26. The minimum Gasteiger partial charge on any atom is -0.347 e. The summed E-state index contributed by atoms with van der Waals surface area (Å²) in [5, 5.41) is 6.25. The predicted octanol–water partition coefficient (Wildman–Crippen LogP) is 3.91. The average Bonchev–Trinajstić information content (AvgIpc) is 2.53. The minimum atomic E-state index is -0.318. The fourth-order valence-electron chi connectivity index (χ4n) is 2.30. The van der Waals surface area contributed by atoms with Crippen LogP contribution in [0.3, 0.4) is 0 Å². The molecule has 6 heteroatoms. The Morgan fingerprint density at radius 3 is 2.04 bits per heavy atom. The fraction of sp³-hybridized carbons (Fsp3) is 0.222. The second kappa shape index (κ2) is 8.18. The molecule has 0 spiro atoms. The van der Waals surface area contributed by atoms with Gasteiger partial charge in [-0.15, -0.1) is 0 Å². The first kappa shape index (κ1) is 18.3.